The third kappa shape index (κ3) is 4.06. The summed E-state index contributed by atoms with van der Waals surface area (Å²) in [4.78, 5) is 16.1. The molecule has 1 fully saturated rings. The lowest BCUT2D eigenvalue weighted by molar-refractivity contribution is -0.144. The van der Waals surface area contributed by atoms with E-state index in [9.17, 15) is 14.3 Å². The second kappa shape index (κ2) is 8.31. The van der Waals surface area contributed by atoms with Gasteiger partial charge in [-0.25, -0.2) is 18.9 Å². The van der Waals surface area contributed by atoms with Gasteiger partial charge in [0.1, 0.15) is 17.1 Å². The third-order valence-electron chi connectivity index (χ3n) is 6.16. The number of fused-ring (bicyclic) bond motifs is 1. The second-order valence-electron chi connectivity index (χ2n) is 8.54. The molecule has 0 bridgehead atoms. The summed E-state index contributed by atoms with van der Waals surface area (Å²) in [6.45, 7) is 3.40. The monoisotopic (exact) mass is 445 g/mol. The van der Waals surface area contributed by atoms with Crippen molar-refractivity contribution in [3.8, 4) is 11.4 Å². The number of pyridine rings is 1. The molecule has 0 spiro atoms. The van der Waals surface area contributed by atoms with E-state index in [0.29, 0.717) is 23.5 Å². The van der Waals surface area contributed by atoms with Gasteiger partial charge in [0.05, 0.1) is 5.69 Å². The van der Waals surface area contributed by atoms with E-state index in [4.69, 9.17) is 9.72 Å². The molecule has 2 heterocycles. The SMILES string of the molecule is Cc1c(Cc2ccc(-n3cccn3)cc2)c(C2CC2)nc2c(F)ccc(OC(C)C(=O)O)c12. The van der Waals surface area contributed by atoms with Gasteiger partial charge in [0.25, 0.3) is 0 Å². The molecule has 1 aliphatic carbocycles. The van der Waals surface area contributed by atoms with Crippen molar-refractivity contribution >= 4 is 16.9 Å². The Morgan fingerprint density at radius 2 is 2.00 bits per heavy atom. The highest BCUT2D eigenvalue weighted by Gasteiger charge is 2.30. The molecule has 5 rings (SSSR count). The Bertz CT molecular complexity index is 1330. The minimum absolute atomic E-state index is 0.238. The maximum Gasteiger partial charge on any atom is 0.344 e. The standard InChI is InChI=1S/C26H24FN3O3/c1-15-20(14-17-4-8-19(9-5-17)30-13-3-12-28-30)24(18-6-7-18)29-25-21(27)10-11-22(23(15)25)33-16(2)26(31)32/h3-5,8-13,16,18H,6-7,14H2,1-2H3,(H,31,32). The van der Waals surface area contributed by atoms with Crippen LogP contribution in [0.1, 0.15) is 48.1 Å². The van der Waals surface area contributed by atoms with Crippen molar-refractivity contribution in [2.24, 2.45) is 0 Å². The Kier molecular flexibility index (Phi) is 5.32. The molecule has 1 aliphatic rings. The first-order valence-corrected chi connectivity index (χ1v) is 11.0. The van der Waals surface area contributed by atoms with Crippen molar-refractivity contribution in [2.45, 2.75) is 45.1 Å². The number of ether oxygens (including phenoxy) is 1. The van der Waals surface area contributed by atoms with Gasteiger partial charge in [-0.1, -0.05) is 12.1 Å². The maximum absolute atomic E-state index is 14.8. The summed E-state index contributed by atoms with van der Waals surface area (Å²) in [5.41, 5.74) is 5.18. The number of rotatable bonds is 7. The van der Waals surface area contributed by atoms with E-state index in [1.807, 2.05) is 31.3 Å². The zero-order valence-corrected chi connectivity index (χ0v) is 18.5. The van der Waals surface area contributed by atoms with Crippen LogP contribution in [-0.4, -0.2) is 31.9 Å². The van der Waals surface area contributed by atoms with Crippen molar-refractivity contribution in [2.75, 3.05) is 0 Å². The largest absolute Gasteiger partial charge is 0.479 e. The summed E-state index contributed by atoms with van der Waals surface area (Å²) in [5.74, 6) is -0.845. The number of aromatic nitrogens is 3. The second-order valence-corrected chi connectivity index (χ2v) is 8.54. The smallest absolute Gasteiger partial charge is 0.344 e. The number of halogens is 1. The molecule has 0 radical (unpaired) electrons. The minimum atomic E-state index is -1.08. The molecule has 1 saturated carbocycles. The molecule has 0 aliphatic heterocycles. The molecule has 2 aromatic carbocycles. The number of carboxylic acids is 1. The average Bonchev–Trinajstić information content (AvgIpc) is 3.50. The van der Waals surface area contributed by atoms with Gasteiger partial charge in [0, 0.05) is 29.4 Å². The number of aliphatic carboxylic acids is 1. The Morgan fingerprint density at radius 3 is 2.64 bits per heavy atom. The molecular weight excluding hydrogens is 421 g/mol. The molecule has 7 heteroatoms. The molecular formula is C26H24FN3O3. The number of hydrogen-bond donors (Lipinski definition) is 1. The van der Waals surface area contributed by atoms with E-state index >= 15 is 0 Å². The molecule has 0 amide bonds. The highest BCUT2D eigenvalue weighted by molar-refractivity contribution is 5.90. The fourth-order valence-electron chi connectivity index (χ4n) is 4.20. The van der Waals surface area contributed by atoms with E-state index in [2.05, 4.69) is 17.2 Å². The topological polar surface area (TPSA) is 77.2 Å². The Hall–Kier alpha value is -3.74. The van der Waals surface area contributed by atoms with Gasteiger partial charge in [-0.05, 0) is 80.1 Å². The first kappa shape index (κ1) is 21.1. The predicted molar refractivity (Wildman–Crippen MR) is 123 cm³/mol. The number of benzene rings is 2. The molecule has 1 unspecified atom stereocenters. The Balaban J connectivity index is 1.59. The van der Waals surface area contributed by atoms with Crippen molar-refractivity contribution < 1.29 is 19.0 Å². The van der Waals surface area contributed by atoms with Crippen molar-refractivity contribution in [3.05, 3.63) is 83.1 Å². The summed E-state index contributed by atoms with van der Waals surface area (Å²) in [5, 5.41) is 14.1. The van der Waals surface area contributed by atoms with E-state index in [-0.39, 0.29) is 5.52 Å². The van der Waals surface area contributed by atoms with Crippen LogP contribution >= 0.6 is 0 Å². The Labute approximate surface area is 190 Å². The molecule has 33 heavy (non-hydrogen) atoms. The van der Waals surface area contributed by atoms with Crippen LogP contribution in [0.2, 0.25) is 0 Å². The Morgan fingerprint density at radius 1 is 1.24 bits per heavy atom. The highest BCUT2D eigenvalue weighted by Crippen LogP contribution is 2.44. The van der Waals surface area contributed by atoms with Crippen molar-refractivity contribution in [3.63, 3.8) is 0 Å². The molecule has 4 aromatic rings. The molecule has 1 atom stereocenters. The number of hydrogen-bond acceptors (Lipinski definition) is 4. The zero-order valence-electron chi connectivity index (χ0n) is 18.5. The predicted octanol–water partition coefficient (Wildman–Crippen LogP) is 5.19. The van der Waals surface area contributed by atoms with E-state index in [0.717, 1.165) is 40.9 Å². The van der Waals surface area contributed by atoms with Gasteiger partial charge in [-0.15, -0.1) is 0 Å². The lowest BCUT2D eigenvalue weighted by Gasteiger charge is -2.19. The molecule has 168 valence electrons. The van der Waals surface area contributed by atoms with Crippen LogP contribution in [0.15, 0.2) is 54.9 Å². The first-order chi connectivity index (χ1) is 15.9. The normalized spacial score (nSPS) is 14.4. The van der Waals surface area contributed by atoms with Gasteiger partial charge in [0.15, 0.2) is 6.10 Å². The van der Waals surface area contributed by atoms with Crippen LogP contribution in [0.5, 0.6) is 5.75 Å². The summed E-state index contributed by atoms with van der Waals surface area (Å²) in [6.07, 6.45) is 5.30. The van der Waals surface area contributed by atoms with Crippen LogP contribution in [0, 0.1) is 12.7 Å². The van der Waals surface area contributed by atoms with Gasteiger partial charge in [-0.3, -0.25) is 0 Å². The van der Waals surface area contributed by atoms with Gasteiger partial charge in [-0.2, -0.15) is 5.10 Å². The average molecular weight is 445 g/mol. The summed E-state index contributed by atoms with van der Waals surface area (Å²) < 4.78 is 22.3. The number of carboxylic acid groups (broad SMARTS) is 1. The van der Waals surface area contributed by atoms with Crippen molar-refractivity contribution in [1.82, 2.24) is 14.8 Å². The number of nitrogens with zero attached hydrogens (tertiary/aromatic N) is 3. The van der Waals surface area contributed by atoms with Gasteiger partial charge < -0.3 is 9.84 Å². The first-order valence-electron chi connectivity index (χ1n) is 11.0. The van der Waals surface area contributed by atoms with Crippen LogP contribution in [0.4, 0.5) is 4.39 Å². The van der Waals surface area contributed by atoms with Crippen LogP contribution < -0.4 is 4.74 Å². The van der Waals surface area contributed by atoms with Gasteiger partial charge >= 0.3 is 5.97 Å². The fraction of sp³-hybridized carbons (Fsp3) is 0.269. The van der Waals surface area contributed by atoms with E-state index in [1.54, 1.807) is 10.9 Å². The molecule has 6 nitrogen and oxygen atoms in total. The summed E-state index contributed by atoms with van der Waals surface area (Å²) in [6, 6.07) is 12.8. The lowest BCUT2D eigenvalue weighted by Crippen LogP contribution is -2.23. The highest BCUT2D eigenvalue weighted by atomic mass is 19.1. The van der Waals surface area contributed by atoms with E-state index in [1.165, 1.54) is 19.1 Å². The quantitative estimate of drug-likeness (QED) is 0.424. The van der Waals surface area contributed by atoms with Crippen LogP contribution in [-0.2, 0) is 11.2 Å². The fourth-order valence-corrected chi connectivity index (χ4v) is 4.20. The number of carbonyl (C=O) groups is 1. The van der Waals surface area contributed by atoms with Crippen molar-refractivity contribution in [1.29, 1.82) is 0 Å². The minimum Gasteiger partial charge on any atom is -0.479 e. The lowest BCUT2D eigenvalue weighted by atomic mass is 9.93. The van der Waals surface area contributed by atoms with Crippen LogP contribution in [0.25, 0.3) is 16.6 Å². The molecule has 2 aromatic heterocycles. The summed E-state index contributed by atoms with van der Waals surface area (Å²) in [7, 11) is 0. The molecule has 0 saturated heterocycles. The number of aryl methyl sites for hydroxylation is 1. The summed E-state index contributed by atoms with van der Waals surface area (Å²) >= 11 is 0. The third-order valence-corrected chi connectivity index (χ3v) is 6.16. The van der Waals surface area contributed by atoms with E-state index < -0.39 is 17.9 Å². The van der Waals surface area contributed by atoms with Gasteiger partial charge in [0.2, 0.25) is 0 Å². The molecule has 1 N–H and O–H groups in total. The van der Waals surface area contributed by atoms with Crippen LogP contribution in [0.3, 0.4) is 0 Å². The maximum atomic E-state index is 14.8. The zero-order chi connectivity index (χ0) is 23.1.